The van der Waals surface area contributed by atoms with Gasteiger partial charge in [-0.05, 0) is 48.6 Å². The van der Waals surface area contributed by atoms with Crippen LogP contribution in [0.15, 0.2) is 70.0 Å². The van der Waals surface area contributed by atoms with Crippen molar-refractivity contribution in [2.75, 3.05) is 4.31 Å². The minimum absolute atomic E-state index is 0.0602. The smallest absolute Gasteiger partial charge is 0.327 e. The van der Waals surface area contributed by atoms with Crippen LogP contribution in [0.1, 0.15) is 31.7 Å². The summed E-state index contributed by atoms with van der Waals surface area (Å²) in [4.78, 5) is 12.3. The molecule has 1 N–H and O–H groups in total. The first-order valence-electron chi connectivity index (χ1n) is 9.78. The van der Waals surface area contributed by atoms with Crippen LogP contribution in [0.5, 0.6) is 0 Å². The van der Waals surface area contributed by atoms with Gasteiger partial charge in [-0.3, -0.25) is 4.31 Å². The van der Waals surface area contributed by atoms with Crippen molar-refractivity contribution in [1.82, 2.24) is 0 Å². The molecule has 3 aromatic carbocycles. The molecule has 0 aromatic heterocycles. The largest absolute Gasteiger partial charge is 0.480 e. The van der Waals surface area contributed by atoms with Crippen molar-refractivity contribution in [3.05, 3.63) is 70.7 Å². The summed E-state index contributed by atoms with van der Waals surface area (Å²) in [5.41, 5.74) is 1.13. The number of carbonyl (C=O) groups is 1. The molecule has 1 atom stereocenters. The third-order valence-electron chi connectivity index (χ3n) is 4.98. The van der Waals surface area contributed by atoms with Crippen molar-refractivity contribution >= 4 is 48.4 Å². The van der Waals surface area contributed by atoms with Crippen LogP contribution in [0.4, 0.5) is 5.69 Å². The van der Waals surface area contributed by atoms with E-state index in [2.05, 4.69) is 15.9 Å². The molecule has 0 aliphatic rings. The normalized spacial score (nSPS) is 12.6. The topological polar surface area (TPSA) is 74.7 Å². The summed E-state index contributed by atoms with van der Waals surface area (Å²) in [7, 11) is -4.14. The summed E-state index contributed by atoms with van der Waals surface area (Å²) < 4.78 is 29.4. The van der Waals surface area contributed by atoms with Gasteiger partial charge in [0.2, 0.25) is 0 Å². The SMILES string of the molecule is CCCCC(C(=O)O)N(c1cccc2ccccc12)S(=O)(=O)c1cc(C)cc(Br)c1. The van der Waals surface area contributed by atoms with E-state index in [1.807, 2.05) is 43.3 Å². The molecule has 0 aliphatic heterocycles. The van der Waals surface area contributed by atoms with Crippen LogP contribution in [0.2, 0.25) is 0 Å². The molecular formula is C23H24BrNO4S. The van der Waals surface area contributed by atoms with E-state index in [1.54, 1.807) is 25.1 Å². The lowest BCUT2D eigenvalue weighted by Gasteiger charge is -2.31. The molecule has 0 amide bonds. The maximum atomic E-state index is 13.8. The van der Waals surface area contributed by atoms with E-state index >= 15 is 0 Å². The molecule has 3 aromatic rings. The predicted octanol–water partition coefficient (Wildman–Crippen LogP) is 5.75. The molecule has 0 radical (unpaired) electrons. The van der Waals surface area contributed by atoms with Gasteiger partial charge in [-0.15, -0.1) is 0 Å². The number of aryl methyl sites for hydroxylation is 1. The second-order valence-electron chi connectivity index (χ2n) is 7.26. The van der Waals surface area contributed by atoms with E-state index in [4.69, 9.17) is 0 Å². The minimum atomic E-state index is -4.14. The number of nitrogens with zero attached hydrogens (tertiary/aromatic N) is 1. The monoisotopic (exact) mass is 489 g/mol. The quantitative estimate of drug-likeness (QED) is 0.437. The Kier molecular flexibility index (Phi) is 6.83. The number of unbranched alkanes of at least 4 members (excludes halogenated alkanes) is 1. The fourth-order valence-electron chi connectivity index (χ4n) is 3.57. The van der Waals surface area contributed by atoms with Gasteiger partial charge in [0.1, 0.15) is 6.04 Å². The van der Waals surface area contributed by atoms with Crippen LogP contribution in [-0.4, -0.2) is 25.5 Å². The fraction of sp³-hybridized carbons (Fsp3) is 0.261. The minimum Gasteiger partial charge on any atom is -0.480 e. The van der Waals surface area contributed by atoms with Crippen molar-refractivity contribution in [3.8, 4) is 0 Å². The lowest BCUT2D eigenvalue weighted by Crippen LogP contribution is -2.45. The zero-order chi connectivity index (χ0) is 21.9. The third kappa shape index (κ3) is 4.52. The molecule has 5 nitrogen and oxygen atoms in total. The zero-order valence-electron chi connectivity index (χ0n) is 16.9. The van der Waals surface area contributed by atoms with Gasteiger partial charge in [-0.25, -0.2) is 13.2 Å². The molecular weight excluding hydrogens is 466 g/mol. The Balaban J connectivity index is 2.30. The molecule has 158 valence electrons. The summed E-state index contributed by atoms with van der Waals surface area (Å²) in [6, 6.07) is 16.4. The number of carboxylic acids is 1. The Labute approximate surface area is 185 Å². The van der Waals surface area contributed by atoms with Crippen LogP contribution in [0.25, 0.3) is 10.8 Å². The molecule has 0 aliphatic carbocycles. The molecule has 0 bridgehead atoms. The number of benzene rings is 3. The van der Waals surface area contributed by atoms with Crippen LogP contribution in [0, 0.1) is 6.92 Å². The maximum Gasteiger partial charge on any atom is 0.327 e. The van der Waals surface area contributed by atoms with E-state index < -0.39 is 22.0 Å². The van der Waals surface area contributed by atoms with Crippen LogP contribution >= 0.6 is 15.9 Å². The number of hydrogen-bond donors (Lipinski definition) is 1. The van der Waals surface area contributed by atoms with E-state index in [0.717, 1.165) is 21.7 Å². The molecule has 0 fully saturated rings. The van der Waals surface area contributed by atoms with Gasteiger partial charge in [-0.2, -0.15) is 0 Å². The van der Waals surface area contributed by atoms with E-state index in [0.29, 0.717) is 22.0 Å². The summed E-state index contributed by atoms with van der Waals surface area (Å²) >= 11 is 3.36. The molecule has 0 saturated heterocycles. The predicted molar refractivity (Wildman–Crippen MR) is 123 cm³/mol. The number of aliphatic carboxylic acids is 1. The van der Waals surface area contributed by atoms with Gasteiger partial charge in [0.05, 0.1) is 10.6 Å². The molecule has 30 heavy (non-hydrogen) atoms. The number of sulfonamides is 1. The van der Waals surface area contributed by atoms with Crippen molar-refractivity contribution < 1.29 is 18.3 Å². The molecule has 3 rings (SSSR count). The first kappa shape index (κ1) is 22.3. The first-order valence-corrected chi connectivity index (χ1v) is 12.0. The highest BCUT2D eigenvalue weighted by Crippen LogP contribution is 2.35. The van der Waals surface area contributed by atoms with E-state index in [1.165, 1.54) is 6.07 Å². The van der Waals surface area contributed by atoms with E-state index in [-0.39, 0.29) is 11.3 Å². The number of hydrogen-bond acceptors (Lipinski definition) is 3. The summed E-state index contributed by atoms with van der Waals surface area (Å²) in [6.07, 6.45) is 1.59. The van der Waals surface area contributed by atoms with Gasteiger partial charge >= 0.3 is 5.97 Å². The lowest BCUT2D eigenvalue weighted by molar-refractivity contribution is -0.138. The van der Waals surface area contributed by atoms with Crippen LogP contribution in [0.3, 0.4) is 0 Å². The highest BCUT2D eigenvalue weighted by molar-refractivity contribution is 9.10. The van der Waals surface area contributed by atoms with E-state index in [9.17, 15) is 18.3 Å². The second kappa shape index (κ2) is 9.18. The van der Waals surface area contributed by atoms with Gasteiger partial charge < -0.3 is 5.11 Å². The Bertz CT molecular complexity index is 1150. The standard InChI is InChI=1S/C23H24BrNO4S/c1-3-4-11-22(23(26)27)25(21-12-7-9-17-8-5-6-10-20(17)21)30(28,29)19-14-16(2)13-18(24)15-19/h5-10,12-15,22H,3-4,11H2,1-2H3,(H,26,27). The molecule has 0 spiro atoms. The number of halogens is 1. The summed E-state index contributed by atoms with van der Waals surface area (Å²) in [5.74, 6) is -1.16. The van der Waals surface area contributed by atoms with Gasteiger partial charge in [0, 0.05) is 9.86 Å². The Morgan fingerprint density at radius 3 is 2.47 bits per heavy atom. The average Bonchev–Trinajstić information content (AvgIpc) is 2.69. The molecule has 7 heteroatoms. The maximum absolute atomic E-state index is 13.8. The summed E-state index contributed by atoms with van der Waals surface area (Å²) in [5, 5.41) is 11.5. The number of anilines is 1. The second-order valence-corrected chi connectivity index (χ2v) is 9.99. The number of fused-ring (bicyclic) bond motifs is 1. The van der Waals surface area contributed by atoms with Crippen LogP contribution < -0.4 is 4.31 Å². The zero-order valence-corrected chi connectivity index (χ0v) is 19.3. The van der Waals surface area contributed by atoms with Crippen LogP contribution in [-0.2, 0) is 14.8 Å². The van der Waals surface area contributed by atoms with Crippen molar-refractivity contribution in [2.45, 2.75) is 44.0 Å². The lowest BCUT2D eigenvalue weighted by atomic mass is 10.1. The van der Waals surface area contributed by atoms with Gasteiger partial charge in [0.25, 0.3) is 10.0 Å². The van der Waals surface area contributed by atoms with Crippen molar-refractivity contribution in [2.24, 2.45) is 0 Å². The van der Waals surface area contributed by atoms with Crippen molar-refractivity contribution in [1.29, 1.82) is 0 Å². The Morgan fingerprint density at radius 1 is 1.10 bits per heavy atom. The molecule has 1 unspecified atom stereocenters. The van der Waals surface area contributed by atoms with Gasteiger partial charge in [0.15, 0.2) is 0 Å². The highest BCUT2D eigenvalue weighted by atomic mass is 79.9. The van der Waals surface area contributed by atoms with Crippen molar-refractivity contribution in [3.63, 3.8) is 0 Å². The highest BCUT2D eigenvalue weighted by Gasteiger charge is 2.37. The van der Waals surface area contributed by atoms with Gasteiger partial charge in [-0.1, -0.05) is 72.1 Å². The first-order chi connectivity index (χ1) is 14.3. The fourth-order valence-corrected chi connectivity index (χ4v) is 6.12. The summed E-state index contributed by atoms with van der Waals surface area (Å²) in [6.45, 7) is 3.76. The third-order valence-corrected chi connectivity index (χ3v) is 7.23. The Hall–Kier alpha value is -2.38. The molecule has 0 heterocycles. The number of rotatable bonds is 8. The average molecular weight is 490 g/mol. The molecule has 0 saturated carbocycles. The number of carboxylic acid groups (broad SMARTS) is 1. The Morgan fingerprint density at radius 2 is 1.80 bits per heavy atom.